The summed E-state index contributed by atoms with van der Waals surface area (Å²) in [4.78, 5) is 19.4. The van der Waals surface area contributed by atoms with E-state index in [-0.39, 0.29) is 5.78 Å². The molecule has 0 aliphatic carbocycles. The lowest BCUT2D eigenvalue weighted by atomic mass is 10.1. The molecule has 5 heteroatoms. The lowest BCUT2D eigenvalue weighted by molar-refractivity contribution is 0.102. The van der Waals surface area contributed by atoms with E-state index in [9.17, 15) is 4.79 Å². The topological polar surface area (TPSA) is 32.7 Å². The van der Waals surface area contributed by atoms with E-state index in [1.807, 2.05) is 30.3 Å². The summed E-state index contributed by atoms with van der Waals surface area (Å²) in [5, 5.41) is 1.57. The molecule has 24 heavy (non-hydrogen) atoms. The highest BCUT2D eigenvalue weighted by molar-refractivity contribution is 8.14. The largest absolute Gasteiger partial charge is 0.351 e. The number of rotatable bonds is 4. The molecule has 1 aliphatic rings. The number of halogens is 1. The number of thioether (sulfide) groups is 1. The van der Waals surface area contributed by atoms with Crippen molar-refractivity contribution in [3.63, 3.8) is 0 Å². The van der Waals surface area contributed by atoms with Crippen LogP contribution in [0.3, 0.4) is 0 Å². The fourth-order valence-corrected chi connectivity index (χ4v) is 3.65. The lowest BCUT2D eigenvalue weighted by Crippen LogP contribution is -2.26. The number of para-hydroxylation sites is 1. The van der Waals surface area contributed by atoms with E-state index in [4.69, 9.17) is 16.6 Å². The molecule has 2 aromatic rings. The first-order valence-corrected chi connectivity index (χ1v) is 9.39. The van der Waals surface area contributed by atoms with Gasteiger partial charge in [0.2, 0.25) is 0 Å². The van der Waals surface area contributed by atoms with E-state index in [2.05, 4.69) is 4.90 Å². The summed E-state index contributed by atoms with van der Waals surface area (Å²) in [7, 11) is 0. The summed E-state index contributed by atoms with van der Waals surface area (Å²) < 4.78 is 0. The monoisotopic (exact) mass is 358 g/mol. The van der Waals surface area contributed by atoms with Gasteiger partial charge < -0.3 is 4.90 Å². The Morgan fingerprint density at radius 3 is 2.38 bits per heavy atom. The van der Waals surface area contributed by atoms with E-state index >= 15 is 0 Å². The maximum Gasteiger partial charge on any atom is 0.173 e. The van der Waals surface area contributed by atoms with Gasteiger partial charge in [-0.25, -0.2) is 4.99 Å². The SMILES string of the molecule is O=C(CSC(=Nc1ccccc1)N1CCCC1)c1ccc(Cl)cc1. The maximum atomic E-state index is 12.4. The molecule has 0 atom stereocenters. The number of nitrogens with zero attached hydrogens (tertiary/aromatic N) is 2. The molecule has 1 fully saturated rings. The van der Waals surface area contributed by atoms with Crippen molar-refractivity contribution >= 4 is 40.0 Å². The van der Waals surface area contributed by atoms with Crippen LogP contribution >= 0.6 is 23.4 Å². The first-order chi connectivity index (χ1) is 11.7. The van der Waals surface area contributed by atoms with Gasteiger partial charge in [-0.2, -0.15) is 0 Å². The number of ketones is 1. The van der Waals surface area contributed by atoms with Crippen molar-refractivity contribution < 1.29 is 4.79 Å². The van der Waals surface area contributed by atoms with Crippen LogP contribution in [0.25, 0.3) is 0 Å². The summed E-state index contributed by atoms with van der Waals surface area (Å²) in [6.07, 6.45) is 2.36. The predicted molar refractivity (Wildman–Crippen MR) is 103 cm³/mol. The molecule has 0 amide bonds. The molecule has 1 heterocycles. The van der Waals surface area contributed by atoms with Crippen molar-refractivity contribution in [1.29, 1.82) is 0 Å². The number of hydrogen-bond acceptors (Lipinski definition) is 3. The van der Waals surface area contributed by atoms with Gasteiger partial charge >= 0.3 is 0 Å². The molecule has 0 N–H and O–H groups in total. The van der Waals surface area contributed by atoms with Gasteiger partial charge in [-0.05, 0) is 49.2 Å². The molecule has 0 unspecified atom stereocenters. The molecule has 0 bridgehead atoms. The van der Waals surface area contributed by atoms with Gasteiger partial charge in [-0.1, -0.05) is 41.6 Å². The molecule has 0 saturated carbocycles. The van der Waals surface area contributed by atoms with Crippen LogP contribution < -0.4 is 0 Å². The summed E-state index contributed by atoms with van der Waals surface area (Å²) in [5.74, 6) is 0.473. The third-order valence-corrected chi connectivity index (χ3v) is 5.12. The second-order valence-electron chi connectivity index (χ2n) is 5.64. The highest BCUT2D eigenvalue weighted by Crippen LogP contribution is 2.22. The molecule has 0 aromatic heterocycles. The van der Waals surface area contributed by atoms with Crippen molar-refractivity contribution in [3.05, 3.63) is 65.2 Å². The Morgan fingerprint density at radius 2 is 1.71 bits per heavy atom. The summed E-state index contributed by atoms with van der Waals surface area (Å²) in [5.41, 5.74) is 1.61. The minimum Gasteiger partial charge on any atom is -0.351 e. The molecule has 0 spiro atoms. The van der Waals surface area contributed by atoms with Crippen LogP contribution in [0.5, 0.6) is 0 Å². The Labute approximate surface area is 151 Å². The van der Waals surface area contributed by atoms with Crippen LogP contribution in [0.4, 0.5) is 5.69 Å². The number of carbonyl (C=O) groups excluding carboxylic acids is 1. The Hall–Kier alpha value is -1.78. The van der Waals surface area contributed by atoms with Crippen LogP contribution in [-0.4, -0.2) is 34.7 Å². The van der Waals surface area contributed by atoms with Gasteiger partial charge in [-0.3, -0.25) is 4.79 Å². The number of likely N-dealkylation sites (tertiary alicyclic amines) is 1. The van der Waals surface area contributed by atoms with Crippen molar-refractivity contribution in [2.45, 2.75) is 12.8 Å². The van der Waals surface area contributed by atoms with E-state index in [0.29, 0.717) is 16.3 Å². The molecule has 1 saturated heterocycles. The van der Waals surface area contributed by atoms with E-state index in [1.54, 1.807) is 24.3 Å². The number of Topliss-reactive ketones (excluding diaryl/α,β-unsaturated/α-hetero) is 1. The van der Waals surface area contributed by atoms with Crippen LogP contribution in [0.15, 0.2) is 59.6 Å². The van der Waals surface area contributed by atoms with Crippen LogP contribution in [0.2, 0.25) is 5.02 Å². The first-order valence-electron chi connectivity index (χ1n) is 8.02. The van der Waals surface area contributed by atoms with Crippen LogP contribution in [0, 0.1) is 0 Å². The molecule has 0 radical (unpaired) electrons. The number of amidine groups is 1. The lowest BCUT2D eigenvalue weighted by Gasteiger charge is -2.19. The van der Waals surface area contributed by atoms with Crippen LogP contribution in [-0.2, 0) is 0 Å². The third-order valence-electron chi connectivity index (χ3n) is 3.86. The average Bonchev–Trinajstić information content (AvgIpc) is 3.14. The normalized spacial score (nSPS) is 14.9. The van der Waals surface area contributed by atoms with Crippen LogP contribution in [0.1, 0.15) is 23.2 Å². The van der Waals surface area contributed by atoms with Gasteiger partial charge in [0, 0.05) is 23.7 Å². The maximum absolute atomic E-state index is 12.4. The van der Waals surface area contributed by atoms with E-state index < -0.39 is 0 Å². The predicted octanol–water partition coefficient (Wildman–Crippen LogP) is 5.04. The number of hydrogen-bond donors (Lipinski definition) is 0. The van der Waals surface area contributed by atoms with Crippen molar-refractivity contribution in [2.24, 2.45) is 4.99 Å². The van der Waals surface area contributed by atoms with Crippen molar-refractivity contribution in [1.82, 2.24) is 4.90 Å². The zero-order valence-corrected chi connectivity index (χ0v) is 14.9. The van der Waals surface area contributed by atoms with E-state index in [1.165, 1.54) is 24.6 Å². The standard InChI is InChI=1S/C19H19ClN2OS/c20-16-10-8-15(9-11-16)18(23)14-24-19(22-12-4-5-13-22)21-17-6-2-1-3-7-17/h1-3,6-11H,4-5,12-14H2. The molecule has 124 valence electrons. The zero-order chi connectivity index (χ0) is 16.8. The molecular formula is C19H19ClN2OS. The molecule has 3 rings (SSSR count). The Morgan fingerprint density at radius 1 is 1.04 bits per heavy atom. The number of benzene rings is 2. The second kappa shape index (κ2) is 8.36. The molecule has 1 aliphatic heterocycles. The number of carbonyl (C=O) groups is 1. The zero-order valence-electron chi connectivity index (χ0n) is 13.3. The Bertz CT molecular complexity index is 710. The smallest absolute Gasteiger partial charge is 0.173 e. The van der Waals surface area contributed by atoms with Gasteiger partial charge in [0.25, 0.3) is 0 Å². The molecule has 2 aromatic carbocycles. The quantitative estimate of drug-likeness (QED) is 0.436. The minimum atomic E-state index is 0.0941. The first kappa shape index (κ1) is 17.1. The summed E-state index contributed by atoms with van der Waals surface area (Å²) in [6.45, 7) is 2.02. The van der Waals surface area contributed by atoms with Crippen molar-refractivity contribution in [2.75, 3.05) is 18.8 Å². The minimum absolute atomic E-state index is 0.0941. The van der Waals surface area contributed by atoms with Gasteiger partial charge in [0.15, 0.2) is 11.0 Å². The second-order valence-corrected chi connectivity index (χ2v) is 7.02. The highest BCUT2D eigenvalue weighted by Gasteiger charge is 2.18. The average molecular weight is 359 g/mol. The molecule has 3 nitrogen and oxygen atoms in total. The molecular weight excluding hydrogens is 340 g/mol. The Kier molecular flexibility index (Phi) is 5.94. The summed E-state index contributed by atoms with van der Waals surface area (Å²) in [6, 6.07) is 16.9. The highest BCUT2D eigenvalue weighted by atomic mass is 35.5. The van der Waals surface area contributed by atoms with Gasteiger partial charge in [0.05, 0.1) is 11.4 Å². The number of aliphatic imine (C=N–C) groups is 1. The van der Waals surface area contributed by atoms with E-state index in [0.717, 1.165) is 23.9 Å². The fourth-order valence-electron chi connectivity index (χ4n) is 2.56. The Balaban J connectivity index is 1.71. The van der Waals surface area contributed by atoms with Gasteiger partial charge in [0.1, 0.15) is 0 Å². The summed E-state index contributed by atoms with van der Waals surface area (Å²) >= 11 is 7.39. The third kappa shape index (κ3) is 4.62. The van der Waals surface area contributed by atoms with Gasteiger partial charge in [-0.15, -0.1) is 0 Å². The fraction of sp³-hybridized carbons (Fsp3) is 0.263. The van der Waals surface area contributed by atoms with Crippen molar-refractivity contribution in [3.8, 4) is 0 Å².